The molecule has 0 aliphatic carbocycles. The number of hydrogen-bond acceptors (Lipinski definition) is 5. The van der Waals surface area contributed by atoms with E-state index in [9.17, 15) is 8.42 Å². The zero-order valence-electron chi connectivity index (χ0n) is 12.1. The Kier molecular flexibility index (Phi) is 7.32. The zero-order chi connectivity index (χ0) is 14.8. The molecule has 0 bridgehead atoms. The first-order valence-corrected chi connectivity index (χ1v) is 8.52. The SMILES string of the molecule is CCCNCCCS(=O)(=O)Nc1ccc(OCC)nc1. The first kappa shape index (κ1) is 16.7. The second-order valence-corrected chi connectivity index (χ2v) is 6.18. The van der Waals surface area contributed by atoms with Crippen molar-refractivity contribution in [2.24, 2.45) is 0 Å². The molecule has 0 aromatic carbocycles. The third kappa shape index (κ3) is 6.72. The molecule has 0 saturated heterocycles. The van der Waals surface area contributed by atoms with Gasteiger partial charge < -0.3 is 10.1 Å². The van der Waals surface area contributed by atoms with Crippen molar-refractivity contribution in [3.63, 3.8) is 0 Å². The van der Waals surface area contributed by atoms with Gasteiger partial charge in [-0.1, -0.05) is 6.92 Å². The summed E-state index contributed by atoms with van der Waals surface area (Å²) in [6.07, 6.45) is 3.08. The van der Waals surface area contributed by atoms with Crippen molar-refractivity contribution in [3.05, 3.63) is 18.3 Å². The number of pyridine rings is 1. The maximum Gasteiger partial charge on any atom is 0.232 e. The van der Waals surface area contributed by atoms with Gasteiger partial charge >= 0.3 is 0 Å². The molecule has 20 heavy (non-hydrogen) atoms. The molecule has 1 rings (SSSR count). The van der Waals surface area contributed by atoms with Crippen LogP contribution in [0, 0.1) is 0 Å². The van der Waals surface area contributed by atoms with E-state index in [0.717, 1.165) is 13.0 Å². The molecule has 2 N–H and O–H groups in total. The third-order valence-corrected chi connectivity index (χ3v) is 3.87. The summed E-state index contributed by atoms with van der Waals surface area (Å²) in [6.45, 7) is 6.09. The second-order valence-electron chi connectivity index (χ2n) is 4.34. The average molecular weight is 301 g/mol. The van der Waals surface area contributed by atoms with Gasteiger partial charge in [-0.05, 0) is 38.9 Å². The summed E-state index contributed by atoms with van der Waals surface area (Å²) in [5.74, 6) is 0.580. The lowest BCUT2D eigenvalue weighted by molar-refractivity contribution is 0.327. The molecular weight excluding hydrogens is 278 g/mol. The van der Waals surface area contributed by atoms with Crippen molar-refractivity contribution in [2.75, 3.05) is 30.2 Å². The van der Waals surface area contributed by atoms with Crippen molar-refractivity contribution < 1.29 is 13.2 Å². The molecule has 0 saturated carbocycles. The van der Waals surface area contributed by atoms with E-state index in [2.05, 4.69) is 21.9 Å². The minimum atomic E-state index is -3.32. The molecule has 0 aliphatic heterocycles. The van der Waals surface area contributed by atoms with Crippen LogP contribution in [0.4, 0.5) is 5.69 Å². The highest BCUT2D eigenvalue weighted by Crippen LogP contribution is 2.13. The summed E-state index contributed by atoms with van der Waals surface area (Å²) in [6, 6.07) is 3.29. The molecule has 1 aromatic rings. The van der Waals surface area contributed by atoms with Gasteiger partial charge in [0.05, 0.1) is 24.2 Å². The lowest BCUT2D eigenvalue weighted by Crippen LogP contribution is -2.22. The number of hydrogen-bond donors (Lipinski definition) is 2. The quantitative estimate of drug-likeness (QED) is 0.642. The second kappa shape index (κ2) is 8.76. The van der Waals surface area contributed by atoms with Gasteiger partial charge in [0.25, 0.3) is 0 Å². The van der Waals surface area contributed by atoms with Gasteiger partial charge in [-0.2, -0.15) is 0 Å². The summed E-state index contributed by atoms with van der Waals surface area (Å²) < 4.78 is 31.4. The van der Waals surface area contributed by atoms with Crippen molar-refractivity contribution in [2.45, 2.75) is 26.7 Å². The molecule has 0 atom stereocenters. The molecule has 0 amide bonds. The summed E-state index contributed by atoms with van der Waals surface area (Å²) in [7, 11) is -3.32. The van der Waals surface area contributed by atoms with E-state index < -0.39 is 10.0 Å². The molecule has 1 heterocycles. The highest BCUT2D eigenvalue weighted by molar-refractivity contribution is 7.92. The summed E-state index contributed by atoms with van der Waals surface area (Å²) in [5, 5.41) is 3.17. The van der Waals surface area contributed by atoms with Gasteiger partial charge in [-0.3, -0.25) is 4.72 Å². The zero-order valence-corrected chi connectivity index (χ0v) is 12.9. The molecule has 0 fully saturated rings. The number of sulfonamides is 1. The lowest BCUT2D eigenvalue weighted by Gasteiger charge is -2.09. The van der Waals surface area contributed by atoms with Crippen LogP contribution in [0.2, 0.25) is 0 Å². The molecular formula is C13H23N3O3S. The van der Waals surface area contributed by atoms with Gasteiger partial charge in [-0.25, -0.2) is 13.4 Å². The molecule has 114 valence electrons. The fourth-order valence-electron chi connectivity index (χ4n) is 1.59. The maximum absolute atomic E-state index is 11.8. The van der Waals surface area contributed by atoms with Crippen LogP contribution in [0.5, 0.6) is 5.88 Å². The number of anilines is 1. The fraction of sp³-hybridized carbons (Fsp3) is 0.615. The Bertz CT molecular complexity index is 474. The number of aromatic nitrogens is 1. The number of ether oxygens (including phenoxy) is 1. The Hall–Kier alpha value is -1.34. The Labute approximate surface area is 121 Å². The van der Waals surface area contributed by atoms with Crippen molar-refractivity contribution in [1.82, 2.24) is 10.3 Å². The molecule has 0 spiro atoms. The van der Waals surface area contributed by atoms with Gasteiger partial charge in [0, 0.05) is 6.07 Å². The number of nitrogens with one attached hydrogen (secondary N) is 2. The van der Waals surface area contributed by atoms with Crippen LogP contribution in [0.25, 0.3) is 0 Å². The van der Waals surface area contributed by atoms with Crippen molar-refractivity contribution >= 4 is 15.7 Å². The van der Waals surface area contributed by atoms with Crippen molar-refractivity contribution in [1.29, 1.82) is 0 Å². The monoisotopic (exact) mass is 301 g/mol. The topological polar surface area (TPSA) is 80.3 Å². The van der Waals surface area contributed by atoms with Crippen LogP contribution >= 0.6 is 0 Å². The van der Waals surface area contributed by atoms with E-state index in [0.29, 0.717) is 31.1 Å². The van der Waals surface area contributed by atoms with E-state index in [-0.39, 0.29) is 5.75 Å². The van der Waals surface area contributed by atoms with E-state index in [1.54, 1.807) is 12.1 Å². The predicted molar refractivity (Wildman–Crippen MR) is 80.6 cm³/mol. The van der Waals surface area contributed by atoms with E-state index in [4.69, 9.17) is 4.74 Å². The first-order valence-electron chi connectivity index (χ1n) is 6.87. The van der Waals surface area contributed by atoms with Crippen LogP contribution in [0.3, 0.4) is 0 Å². The summed E-state index contributed by atoms with van der Waals surface area (Å²) >= 11 is 0. The Balaban J connectivity index is 2.41. The van der Waals surface area contributed by atoms with Gasteiger partial charge in [-0.15, -0.1) is 0 Å². The van der Waals surface area contributed by atoms with Crippen LogP contribution in [0.15, 0.2) is 18.3 Å². The van der Waals surface area contributed by atoms with Crippen LogP contribution in [-0.4, -0.2) is 38.9 Å². The number of rotatable bonds is 10. The normalized spacial score (nSPS) is 11.3. The highest BCUT2D eigenvalue weighted by atomic mass is 32.2. The summed E-state index contributed by atoms with van der Waals surface area (Å²) in [4.78, 5) is 4.01. The Morgan fingerprint density at radius 3 is 2.65 bits per heavy atom. The molecule has 0 radical (unpaired) electrons. The van der Waals surface area contributed by atoms with Gasteiger partial charge in [0.2, 0.25) is 15.9 Å². The minimum absolute atomic E-state index is 0.0942. The Morgan fingerprint density at radius 1 is 1.25 bits per heavy atom. The lowest BCUT2D eigenvalue weighted by atomic mass is 10.4. The standard InChI is InChI=1S/C13H23N3O3S/c1-3-8-14-9-5-10-20(17,18)16-12-6-7-13(15-11-12)19-4-2/h6-7,11,14,16H,3-5,8-10H2,1-2H3. The highest BCUT2D eigenvalue weighted by Gasteiger charge is 2.10. The van der Waals surface area contributed by atoms with E-state index >= 15 is 0 Å². The van der Waals surface area contributed by atoms with Crippen LogP contribution < -0.4 is 14.8 Å². The van der Waals surface area contributed by atoms with E-state index in [1.165, 1.54) is 6.20 Å². The summed E-state index contributed by atoms with van der Waals surface area (Å²) in [5.41, 5.74) is 0.454. The average Bonchev–Trinajstić information content (AvgIpc) is 2.41. The molecule has 6 nitrogen and oxygen atoms in total. The largest absolute Gasteiger partial charge is 0.478 e. The van der Waals surface area contributed by atoms with Crippen LogP contribution in [-0.2, 0) is 10.0 Å². The van der Waals surface area contributed by atoms with E-state index in [1.807, 2.05) is 6.92 Å². The van der Waals surface area contributed by atoms with Crippen molar-refractivity contribution in [3.8, 4) is 5.88 Å². The third-order valence-electron chi connectivity index (χ3n) is 2.50. The number of nitrogens with zero attached hydrogens (tertiary/aromatic N) is 1. The maximum atomic E-state index is 11.8. The smallest absolute Gasteiger partial charge is 0.232 e. The van der Waals surface area contributed by atoms with Gasteiger partial charge in [0.15, 0.2) is 0 Å². The molecule has 1 aromatic heterocycles. The van der Waals surface area contributed by atoms with Gasteiger partial charge in [0.1, 0.15) is 0 Å². The molecule has 0 unspecified atom stereocenters. The minimum Gasteiger partial charge on any atom is -0.478 e. The fourth-order valence-corrected chi connectivity index (χ4v) is 2.70. The van der Waals surface area contributed by atoms with Crippen LogP contribution in [0.1, 0.15) is 26.7 Å². The first-order chi connectivity index (χ1) is 9.57. The molecule has 0 aliphatic rings. The predicted octanol–water partition coefficient (Wildman–Crippen LogP) is 1.61. The molecule has 7 heteroatoms. The Morgan fingerprint density at radius 2 is 2.05 bits per heavy atom.